The second-order valence-electron chi connectivity index (χ2n) is 5.48. The summed E-state index contributed by atoms with van der Waals surface area (Å²) >= 11 is 0. The number of carbonyl (C=O) groups is 1. The van der Waals surface area contributed by atoms with E-state index in [9.17, 15) is 4.79 Å². The van der Waals surface area contributed by atoms with Crippen molar-refractivity contribution in [2.45, 2.75) is 46.2 Å². The smallest absolute Gasteiger partial charge is 0.234 e. The lowest BCUT2D eigenvalue weighted by molar-refractivity contribution is -0.122. The molecular weight excluding hydrogens is 214 g/mol. The molecule has 1 aliphatic heterocycles. The Balaban J connectivity index is 2.33. The molecule has 4 heteroatoms. The summed E-state index contributed by atoms with van der Waals surface area (Å²) in [5.41, 5.74) is 0. The van der Waals surface area contributed by atoms with Gasteiger partial charge < -0.3 is 5.32 Å². The van der Waals surface area contributed by atoms with Crippen LogP contribution in [-0.2, 0) is 4.79 Å². The summed E-state index contributed by atoms with van der Waals surface area (Å²) < 4.78 is 0. The highest BCUT2D eigenvalue weighted by atomic mass is 16.2. The number of carbonyl (C=O) groups excluding carboxylic acids is 1. The van der Waals surface area contributed by atoms with Crippen LogP contribution in [0.1, 0.15) is 34.1 Å². The van der Waals surface area contributed by atoms with Gasteiger partial charge in [0.25, 0.3) is 0 Å². The molecule has 1 amide bonds. The lowest BCUT2D eigenvalue weighted by Gasteiger charge is -2.24. The minimum atomic E-state index is 0.151. The van der Waals surface area contributed by atoms with Gasteiger partial charge in [0.1, 0.15) is 0 Å². The summed E-state index contributed by atoms with van der Waals surface area (Å²) in [5, 5.41) is 2.95. The topological polar surface area (TPSA) is 35.6 Å². The maximum absolute atomic E-state index is 11.7. The maximum Gasteiger partial charge on any atom is 0.234 e. The lowest BCUT2D eigenvalue weighted by atomic mass is 10.3. The molecule has 0 unspecified atom stereocenters. The van der Waals surface area contributed by atoms with Gasteiger partial charge in [-0.1, -0.05) is 0 Å². The Hall–Kier alpha value is -0.610. The highest BCUT2D eigenvalue weighted by Crippen LogP contribution is 2.06. The molecule has 0 aromatic rings. The first-order chi connectivity index (χ1) is 7.99. The summed E-state index contributed by atoms with van der Waals surface area (Å²) in [6.45, 7) is 13.3. The van der Waals surface area contributed by atoms with E-state index in [1.165, 1.54) is 0 Å². The molecule has 0 aliphatic carbocycles. The highest BCUT2D eigenvalue weighted by molar-refractivity contribution is 5.78. The molecule has 100 valence electrons. The van der Waals surface area contributed by atoms with Gasteiger partial charge >= 0.3 is 0 Å². The monoisotopic (exact) mass is 241 g/mol. The Morgan fingerprint density at radius 2 is 1.82 bits per heavy atom. The summed E-state index contributed by atoms with van der Waals surface area (Å²) in [6, 6.07) is 0.848. The van der Waals surface area contributed by atoms with Crippen molar-refractivity contribution >= 4 is 5.91 Å². The highest BCUT2D eigenvalue weighted by Gasteiger charge is 2.18. The predicted octanol–water partition coefficient (Wildman–Crippen LogP) is 0.927. The fourth-order valence-corrected chi connectivity index (χ4v) is 2.24. The molecule has 0 radical (unpaired) electrons. The number of hydrogen-bond donors (Lipinski definition) is 1. The lowest BCUT2D eigenvalue weighted by Crippen LogP contribution is -2.41. The van der Waals surface area contributed by atoms with Crippen LogP contribution in [-0.4, -0.2) is 60.5 Å². The molecule has 1 heterocycles. The summed E-state index contributed by atoms with van der Waals surface area (Å²) in [6.07, 6.45) is 1.16. The van der Waals surface area contributed by atoms with Crippen molar-refractivity contribution in [3.8, 4) is 0 Å². The van der Waals surface area contributed by atoms with Crippen molar-refractivity contribution in [2.75, 3.05) is 32.7 Å². The first-order valence-corrected chi connectivity index (χ1v) is 6.75. The molecule has 0 saturated carbocycles. The van der Waals surface area contributed by atoms with Crippen LogP contribution < -0.4 is 5.32 Å². The minimum Gasteiger partial charge on any atom is -0.353 e. The normalized spacial score (nSPS) is 19.6. The van der Waals surface area contributed by atoms with Crippen LogP contribution in [0.3, 0.4) is 0 Å². The standard InChI is InChI=1S/C13H27N3O/c1-11(2)14-13(17)10-15-6-5-7-16(9-8-15)12(3)4/h11-12H,5-10H2,1-4H3,(H,14,17). The van der Waals surface area contributed by atoms with Gasteiger partial charge in [-0.15, -0.1) is 0 Å². The van der Waals surface area contributed by atoms with E-state index in [0.717, 1.165) is 32.6 Å². The van der Waals surface area contributed by atoms with E-state index in [0.29, 0.717) is 12.6 Å². The SMILES string of the molecule is CC(C)NC(=O)CN1CCCN(C(C)C)CC1. The largest absolute Gasteiger partial charge is 0.353 e. The number of amides is 1. The molecule has 0 bridgehead atoms. The molecule has 0 atom stereocenters. The molecule has 1 aliphatic rings. The van der Waals surface area contributed by atoms with Crippen molar-refractivity contribution in [3.63, 3.8) is 0 Å². The minimum absolute atomic E-state index is 0.151. The van der Waals surface area contributed by atoms with Gasteiger partial charge in [0, 0.05) is 25.2 Å². The third-order valence-electron chi connectivity index (χ3n) is 3.17. The number of nitrogens with one attached hydrogen (secondary N) is 1. The second-order valence-corrected chi connectivity index (χ2v) is 5.48. The Labute approximate surface area is 105 Å². The molecule has 4 nitrogen and oxygen atoms in total. The summed E-state index contributed by atoms with van der Waals surface area (Å²) in [7, 11) is 0. The number of rotatable bonds is 4. The fourth-order valence-electron chi connectivity index (χ4n) is 2.24. The van der Waals surface area contributed by atoms with Gasteiger partial charge in [-0.05, 0) is 47.2 Å². The molecule has 0 spiro atoms. The Morgan fingerprint density at radius 3 is 2.41 bits per heavy atom. The molecular formula is C13H27N3O. The van der Waals surface area contributed by atoms with Gasteiger partial charge in [-0.3, -0.25) is 14.6 Å². The van der Waals surface area contributed by atoms with Gasteiger partial charge in [-0.25, -0.2) is 0 Å². The summed E-state index contributed by atoms with van der Waals surface area (Å²) in [4.78, 5) is 16.4. The second kappa shape index (κ2) is 6.97. The quantitative estimate of drug-likeness (QED) is 0.795. The zero-order chi connectivity index (χ0) is 12.8. The van der Waals surface area contributed by atoms with Crippen LogP contribution in [0.5, 0.6) is 0 Å². The third kappa shape index (κ3) is 5.50. The third-order valence-corrected chi connectivity index (χ3v) is 3.17. The maximum atomic E-state index is 11.7. The predicted molar refractivity (Wildman–Crippen MR) is 71.0 cm³/mol. The molecule has 17 heavy (non-hydrogen) atoms. The molecule has 1 N–H and O–H groups in total. The van der Waals surface area contributed by atoms with Crippen molar-refractivity contribution < 1.29 is 4.79 Å². The van der Waals surface area contributed by atoms with E-state index < -0.39 is 0 Å². The first-order valence-electron chi connectivity index (χ1n) is 6.75. The van der Waals surface area contributed by atoms with Crippen LogP contribution in [0.2, 0.25) is 0 Å². The van der Waals surface area contributed by atoms with Crippen molar-refractivity contribution in [1.82, 2.24) is 15.1 Å². The van der Waals surface area contributed by atoms with E-state index in [4.69, 9.17) is 0 Å². The Kier molecular flexibility index (Phi) is 5.92. The Morgan fingerprint density at radius 1 is 1.12 bits per heavy atom. The zero-order valence-corrected chi connectivity index (χ0v) is 11.7. The van der Waals surface area contributed by atoms with E-state index in [1.54, 1.807) is 0 Å². The van der Waals surface area contributed by atoms with E-state index in [1.807, 2.05) is 13.8 Å². The van der Waals surface area contributed by atoms with Crippen LogP contribution in [0.25, 0.3) is 0 Å². The molecule has 0 aromatic heterocycles. The summed E-state index contributed by atoms with van der Waals surface area (Å²) in [5.74, 6) is 0.151. The van der Waals surface area contributed by atoms with Crippen LogP contribution in [0, 0.1) is 0 Å². The molecule has 1 saturated heterocycles. The van der Waals surface area contributed by atoms with E-state index in [2.05, 4.69) is 29.0 Å². The fraction of sp³-hybridized carbons (Fsp3) is 0.923. The van der Waals surface area contributed by atoms with Crippen LogP contribution >= 0.6 is 0 Å². The number of hydrogen-bond acceptors (Lipinski definition) is 3. The van der Waals surface area contributed by atoms with Crippen molar-refractivity contribution in [2.24, 2.45) is 0 Å². The van der Waals surface area contributed by atoms with E-state index >= 15 is 0 Å². The zero-order valence-electron chi connectivity index (χ0n) is 11.7. The van der Waals surface area contributed by atoms with Gasteiger partial charge in [0.05, 0.1) is 6.54 Å². The molecule has 0 aromatic carbocycles. The van der Waals surface area contributed by atoms with Crippen LogP contribution in [0.4, 0.5) is 0 Å². The first kappa shape index (κ1) is 14.5. The molecule has 1 rings (SSSR count). The van der Waals surface area contributed by atoms with Crippen molar-refractivity contribution in [1.29, 1.82) is 0 Å². The average Bonchev–Trinajstić information content (AvgIpc) is 2.41. The Bertz CT molecular complexity index is 241. The average molecular weight is 241 g/mol. The van der Waals surface area contributed by atoms with Crippen LogP contribution in [0.15, 0.2) is 0 Å². The van der Waals surface area contributed by atoms with Gasteiger partial charge in [0.2, 0.25) is 5.91 Å². The van der Waals surface area contributed by atoms with Gasteiger partial charge in [-0.2, -0.15) is 0 Å². The van der Waals surface area contributed by atoms with E-state index in [-0.39, 0.29) is 11.9 Å². The van der Waals surface area contributed by atoms with Crippen molar-refractivity contribution in [3.05, 3.63) is 0 Å². The van der Waals surface area contributed by atoms with Gasteiger partial charge in [0.15, 0.2) is 0 Å². The molecule has 1 fully saturated rings. The number of nitrogens with zero attached hydrogens (tertiary/aromatic N) is 2.